The van der Waals surface area contributed by atoms with E-state index in [2.05, 4.69) is 0 Å². The first-order chi connectivity index (χ1) is 22.5. The maximum atomic E-state index is 10.8. The van der Waals surface area contributed by atoms with Gasteiger partial charge in [0.1, 0.15) is 0 Å². The Morgan fingerprint density at radius 2 is 0.426 bits per heavy atom. The molecule has 0 atom stereocenters. The molecule has 3 aromatic rings. The van der Waals surface area contributed by atoms with E-state index in [1.165, 1.54) is 0 Å². The number of aromatic carboxylic acids is 3. The van der Waals surface area contributed by atoms with E-state index >= 15 is 0 Å². The van der Waals surface area contributed by atoms with Crippen LogP contribution >= 0.6 is 0 Å². The van der Waals surface area contributed by atoms with E-state index in [1.807, 2.05) is 0 Å². The zero-order valence-electron chi connectivity index (χ0n) is 26.7. The first kappa shape index (κ1) is 56.9. The molecule has 0 heterocycles. The maximum Gasteiger partial charge on any atom is 1.00 e. The zero-order chi connectivity index (χ0) is 40.3. The van der Waals surface area contributed by atoms with Gasteiger partial charge < -0.3 is 29.7 Å². The van der Waals surface area contributed by atoms with E-state index in [4.69, 9.17) is 27.3 Å². The summed E-state index contributed by atoms with van der Waals surface area (Å²) in [5, 5.41) is 31.5. The number of benzene rings is 3. The van der Waals surface area contributed by atoms with Gasteiger partial charge in [-0.15, -0.1) is 0 Å². The standard InChI is InChI=1S/3C7H6O8S2.3Na/c3*8-7(9)4-1-5(16(10,11)12)3-6(2-4)17(13,14)15;;;/h3*1-3H,(H,8,9)(H,10,11,12)(H,13,14,15);;;/q;;;3*+1/p-3. The van der Waals surface area contributed by atoms with Crippen LogP contribution in [0.15, 0.2) is 84.0 Å². The van der Waals surface area contributed by atoms with E-state index in [0.29, 0.717) is 54.6 Å². The second-order valence-corrected chi connectivity index (χ2v) is 17.3. The zero-order valence-corrected chi connectivity index (χ0v) is 37.6. The quantitative estimate of drug-likeness (QED) is 0.0857. The number of hydrogen-bond donors (Lipinski definition) is 6. The molecule has 0 spiro atoms. The summed E-state index contributed by atoms with van der Waals surface area (Å²) in [5.41, 5.74) is -2.44. The first-order valence-electron chi connectivity index (χ1n) is 11.5. The van der Waals surface area contributed by atoms with Crippen molar-refractivity contribution in [3.8, 4) is 0 Å². The Morgan fingerprint density at radius 3 is 0.500 bits per heavy atom. The molecule has 0 aromatic heterocycles. The van der Waals surface area contributed by atoms with Gasteiger partial charge in [-0.25, -0.2) is 0 Å². The number of carbonyl (C=O) groups excluding carboxylic acids is 3. The fraction of sp³-hybridized carbons (Fsp3) is 0. The minimum Gasteiger partial charge on any atom is -0.545 e. The van der Waals surface area contributed by atoms with Crippen molar-refractivity contribution in [1.29, 1.82) is 0 Å². The molecule has 3 aromatic carbocycles. The number of carboxylic acid groups (broad SMARTS) is 3. The number of carbonyl (C=O) groups is 3. The maximum absolute atomic E-state index is 10.8. The van der Waals surface area contributed by atoms with E-state index in [9.17, 15) is 80.2 Å². The molecule has 0 aliphatic carbocycles. The fourth-order valence-electron chi connectivity index (χ4n) is 2.96. The summed E-state index contributed by atoms with van der Waals surface area (Å²) in [5.74, 6) is -5.58. The predicted molar refractivity (Wildman–Crippen MR) is 151 cm³/mol. The van der Waals surface area contributed by atoms with Crippen LogP contribution in [0.1, 0.15) is 31.1 Å². The van der Waals surface area contributed by atoms with Gasteiger partial charge in [-0.3, -0.25) is 27.3 Å². The van der Waals surface area contributed by atoms with Gasteiger partial charge in [-0.05, 0) is 71.3 Å². The third-order valence-electron chi connectivity index (χ3n) is 5.13. The Bertz CT molecular complexity index is 2160. The van der Waals surface area contributed by atoms with Gasteiger partial charge in [0.2, 0.25) is 0 Å². The summed E-state index contributed by atoms with van der Waals surface area (Å²) in [6.45, 7) is 0. The molecule has 282 valence electrons. The van der Waals surface area contributed by atoms with Crippen LogP contribution in [-0.4, -0.2) is 95.7 Å². The van der Waals surface area contributed by atoms with Gasteiger partial charge in [0.05, 0.1) is 47.3 Å². The molecule has 6 N–H and O–H groups in total. The monoisotopic (exact) mass is 912 g/mol. The van der Waals surface area contributed by atoms with Gasteiger partial charge in [-0.2, -0.15) is 50.5 Å². The van der Waals surface area contributed by atoms with Gasteiger partial charge in [0, 0.05) is 0 Å². The van der Waals surface area contributed by atoms with Crippen molar-refractivity contribution in [1.82, 2.24) is 0 Å². The first-order valence-corrected chi connectivity index (χ1v) is 20.1. The molecule has 0 saturated heterocycles. The van der Waals surface area contributed by atoms with Gasteiger partial charge >= 0.3 is 88.7 Å². The topological polar surface area (TPSA) is 447 Å². The smallest absolute Gasteiger partial charge is 0.545 e. The number of hydrogen-bond acceptors (Lipinski definition) is 18. The molecular formula is C21H15Na3O24S6. The summed E-state index contributed by atoms with van der Waals surface area (Å²) in [7, 11) is -28.8. The Kier molecular flexibility index (Phi) is 21.9. The van der Waals surface area contributed by atoms with Crippen LogP contribution in [0.4, 0.5) is 0 Å². The van der Waals surface area contributed by atoms with Crippen molar-refractivity contribution >= 4 is 78.6 Å². The predicted octanol–water partition coefficient (Wildman–Crippen LogP) is -13.4. The van der Waals surface area contributed by atoms with Gasteiger partial charge in [-0.1, -0.05) is 0 Å². The SMILES string of the molecule is O=C([O-])c1cc(S(=O)(=O)O)cc(S(=O)(=O)O)c1.O=C([O-])c1cc(S(=O)(=O)O)cc(S(=O)(=O)O)c1.O=C([O-])c1cc(S(=O)(=O)O)cc(S(=O)(=O)O)c1.[Na+].[Na+].[Na+]. The van der Waals surface area contributed by atoms with Gasteiger partial charge in [0.15, 0.2) is 0 Å². The van der Waals surface area contributed by atoms with Crippen molar-refractivity contribution in [3.05, 3.63) is 71.3 Å². The molecule has 0 unspecified atom stereocenters. The largest absolute Gasteiger partial charge is 1.00 e. The summed E-state index contributed by atoms with van der Waals surface area (Å²) in [4.78, 5) is 25.6. The second-order valence-electron chi connectivity index (χ2n) is 8.79. The summed E-state index contributed by atoms with van der Waals surface area (Å²) >= 11 is 0. The molecule has 3 rings (SSSR count). The molecule has 0 fully saturated rings. The van der Waals surface area contributed by atoms with E-state index in [1.54, 1.807) is 0 Å². The summed E-state index contributed by atoms with van der Waals surface area (Å²) in [6, 6.07) is 4.24. The van der Waals surface area contributed by atoms with Crippen LogP contribution in [0.5, 0.6) is 0 Å². The van der Waals surface area contributed by atoms with E-state index in [0.717, 1.165) is 0 Å². The average molecular weight is 913 g/mol. The van der Waals surface area contributed by atoms with Crippen molar-refractivity contribution in [3.63, 3.8) is 0 Å². The molecule has 0 amide bonds. The molecule has 0 aliphatic heterocycles. The van der Waals surface area contributed by atoms with E-state index < -0.39 is 125 Å². The van der Waals surface area contributed by atoms with Crippen molar-refractivity contribution in [2.75, 3.05) is 0 Å². The number of carboxylic acids is 3. The van der Waals surface area contributed by atoms with Crippen LogP contribution < -0.4 is 104 Å². The van der Waals surface area contributed by atoms with Crippen LogP contribution in [0, 0.1) is 0 Å². The summed E-state index contributed by atoms with van der Waals surface area (Å²) in [6.07, 6.45) is 0. The Morgan fingerprint density at radius 1 is 0.315 bits per heavy atom. The van der Waals surface area contributed by atoms with E-state index in [-0.39, 0.29) is 88.7 Å². The Labute approximate surface area is 371 Å². The van der Waals surface area contributed by atoms with Crippen LogP contribution in [0.2, 0.25) is 0 Å². The average Bonchev–Trinajstić information content (AvgIpc) is 2.94. The minimum absolute atomic E-state index is 0. The number of rotatable bonds is 9. The third kappa shape index (κ3) is 18.2. The summed E-state index contributed by atoms with van der Waals surface area (Å²) < 4.78 is 181. The normalized spacial score (nSPS) is 11.7. The molecule has 0 saturated carbocycles. The Balaban J connectivity index is -0.000000703. The van der Waals surface area contributed by atoms with Crippen molar-refractivity contribution in [2.24, 2.45) is 0 Å². The molecule has 54 heavy (non-hydrogen) atoms. The molecule has 0 radical (unpaired) electrons. The molecule has 24 nitrogen and oxygen atoms in total. The van der Waals surface area contributed by atoms with Crippen molar-refractivity contribution in [2.45, 2.75) is 29.4 Å². The molecule has 33 heteroatoms. The van der Waals surface area contributed by atoms with Crippen molar-refractivity contribution < 1.29 is 196 Å². The molecule has 0 aliphatic rings. The third-order valence-corrected chi connectivity index (χ3v) is 10.1. The Hall–Kier alpha value is -1.47. The van der Waals surface area contributed by atoms with Crippen LogP contribution in [0.3, 0.4) is 0 Å². The minimum atomic E-state index is -4.81. The van der Waals surface area contributed by atoms with Crippen LogP contribution in [-0.2, 0) is 60.7 Å². The molecular weight excluding hydrogens is 898 g/mol. The van der Waals surface area contributed by atoms with Gasteiger partial charge in [0.25, 0.3) is 60.7 Å². The second kappa shape index (κ2) is 20.8. The fourth-order valence-corrected chi connectivity index (χ4v) is 6.50. The van der Waals surface area contributed by atoms with Crippen LogP contribution in [0.25, 0.3) is 0 Å². The molecule has 0 bridgehead atoms.